The first-order valence-corrected chi connectivity index (χ1v) is 4.59. The lowest BCUT2D eigenvalue weighted by molar-refractivity contribution is 0.515. The van der Waals surface area contributed by atoms with Gasteiger partial charge in [0, 0.05) is 26.2 Å². The molecule has 0 radical (unpaired) electrons. The minimum atomic E-state index is 0.587. The van der Waals surface area contributed by atoms with E-state index < -0.39 is 0 Å². The van der Waals surface area contributed by atoms with E-state index in [-0.39, 0.29) is 0 Å². The van der Waals surface area contributed by atoms with E-state index in [2.05, 4.69) is 27.6 Å². The van der Waals surface area contributed by atoms with Crippen molar-refractivity contribution in [2.75, 3.05) is 33.2 Å². The molecule has 0 spiro atoms. The van der Waals surface area contributed by atoms with Gasteiger partial charge in [0.05, 0.1) is 6.54 Å². The van der Waals surface area contributed by atoms with Gasteiger partial charge in [-0.3, -0.25) is 4.99 Å². The average Bonchev–Trinajstić information content (AvgIpc) is 2.65. The molecule has 0 bridgehead atoms. The summed E-state index contributed by atoms with van der Waals surface area (Å²) in [6, 6.07) is 0.587. The maximum absolute atomic E-state index is 4.38. The SMILES string of the molecule is CN1CCN=C1NC1CCNC1. The van der Waals surface area contributed by atoms with Crippen LogP contribution in [0, 0.1) is 0 Å². The second-order valence-electron chi connectivity index (χ2n) is 3.46. The molecule has 0 aromatic carbocycles. The lowest BCUT2D eigenvalue weighted by atomic mass is 10.3. The summed E-state index contributed by atoms with van der Waals surface area (Å²) < 4.78 is 0. The second kappa shape index (κ2) is 3.31. The van der Waals surface area contributed by atoms with E-state index in [4.69, 9.17) is 0 Å². The zero-order chi connectivity index (χ0) is 8.39. The topological polar surface area (TPSA) is 39.7 Å². The summed E-state index contributed by atoms with van der Waals surface area (Å²) >= 11 is 0. The lowest BCUT2D eigenvalue weighted by Gasteiger charge is -2.18. The highest BCUT2D eigenvalue weighted by atomic mass is 15.3. The maximum Gasteiger partial charge on any atom is 0.194 e. The molecule has 0 aromatic heterocycles. The normalized spacial score (nSPS) is 29.2. The Kier molecular flexibility index (Phi) is 2.17. The zero-order valence-electron chi connectivity index (χ0n) is 7.51. The van der Waals surface area contributed by atoms with Crippen LogP contribution in [0.1, 0.15) is 6.42 Å². The van der Waals surface area contributed by atoms with Crippen LogP contribution in [0.4, 0.5) is 0 Å². The Hall–Kier alpha value is -0.770. The largest absolute Gasteiger partial charge is 0.352 e. The quantitative estimate of drug-likeness (QED) is 0.540. The molecule has 0 aliphatic carbocycles. The molecule has 0 saturated carbocycles. The van der Waals surface area contributed by atoms with Gasteiger partial charge in [-0.1, -0.05) is 0 Å². The molecular formula is C8H16N4. The number of hydrogen-bond donors (Lipinski definition) is 2. The van der Waals surface area contributed by atoms with Crippen LogP contribution >= 0.6 is 0 Å². The Labute approximate surface area is 73.0 Å². The van der Waals surface area contributed by atoms with Gasteiger partial charge in [-0.2, -0.15) is 0 Å². The van der Waals surface area contributed by atoms with Crippen molar-refractivity contribution in [2.24, 2.45) is 4.99 Å². The van der Waals surface area contributed by atoms with Crippen LogP contribution in [0.25, 0.3) is 0 Å². The Bertz CT molecular complexity index is 183. The molecule has 2 heterocycles. The van der Waals surface area contributed by atoms with Gasteiger partial charge in [0.15, 0.2) is 5.96 Å². The Morgan fingerprint density at radius 2 is 2.58 bits per heavy atom. The van der Waals surface area contributed by atoms with Gasteiger partial charge in [-0.15, -0.1) is 0 Å². The van der Waals surface area contributed by atoms with Crippen LogP contribution in [0.5, 0.6) is 0 Å². The first kappa shape index (κ1) is 7.86. The molecule has 4 nitrogen and oxygen atoms in total. The fourth-order valence-corrected chi connectivity index (χ4v) is 1.65. The fourth-order valence-electron chi connectivity index (χ4n) is 1.65. The standard InChI is InChI=1S/C8H16N4/c1-12-5-4-10-8(12)11-7-2-3-9-6-7/h7,9H,2-6H2,1H3,(H,10,11). The summed E-state index contributed by atoms with van der Waals surface area (Å²) in [5, 5.41) is 6.77. The highest BCUT2D eigenvalue weighted by Gasteiger charge is 2.19. The van der Waals surface area contributed by atoms with E-state index in [1.807, 2.05) is 0 Å². The van der Waals surface area contributed by atoms with Gasteiger partial charge >= 0.3 is 0 Å². The second-order valence-corrected chi connectivity index (χ2v) is 3.46. The molecule has 2 aliphatic heterocycles. The Morgan fingerprint density at radius 1 is 1.67 bits per heavy atom. The molecule has 2 rings (SSSR count). The van der Waals surface area contributed by atoms with E-state index in [1.165, 1.54) is 6.42 Å². The molecule has 1 atom stereocenters. The van der Waals surface area contributed by atoms with Crippen molar-refractivity contribution in [1.29, 1.82) is 0 Å². The van der Waals surface area contributed by atoms with E-state index in [0.717, 1.165) is 32.1 Å². The van der Waals surface area contributed by atoms with Crippen molar-refractivity contribution < 1.29 is 0 Å². The summed E-state index contributed by atoms with van der Waals surface area (Å²) in [6.07, 6.45) is 1.22. The molecule has 68 valence electrons. The summed E-state index contributed by atoms with van der Waals surface area (Å²) in [6.45, 7) is 4.21. The minimum absolute atomic E-state index is 0.587. The molecule has 2 aliphatic rings. The first-order chi connectivity index (χ1) is 5.86. The first-order valence-electron chi connectivity index (χ1n) is 4.59. The van der Waals surface area contributed by atoms with Crippen molar-refractivity contribution in [2.45, 2.75) is 12.5 Å². The van der Waals surface area contributed by atoms with E-state index >= 15 is 0 Å². The maximum atomic E-state index is 4.38. The molecular weight excluding hydrogens is 152 g/mol. The third-order valence-corrected chi connectivity index (χ3v) is 2.45. The van der Waals surface area contributed by atoms with Crippen LogP contribution in [-0.2, 0) is 0 Å². The summed E-state index contributed by atoms with van der Waals surface area (Å²) in [5.41, 5.74) is 0. The van der Waals surface area contributed by atoms with Crippen LogP contribution in [0.3, 0.4) is 0 Å². The fraction of sp³-hybridized carbons (Fsp3) is 0.875. The summed E-state index contributed by atoms with van der Waals surface area (Å²) in [4.78, 5) is 6.56. The number of likely N-dealkylation sites (N-methyl/N-ethyl adjacent to an activating group) is 1. The summed E-state index contributed by atoms with van der Waals surface area (Å²) in [5.74, 6) is 1.07. The van der Waals surface area contributed by atoms with Gasteiger partial charge < -0.3 is 15.5 Å². The lowest BCUT2D eigenvalue weighted by Crippen LogP contribution is -2.42. The Balaban J connectivity index is 1.85. The van der Waals surface area contributed by atoms with Crippen LogP contribution in [0.2, 0.25) is 0 Å². The Morgan fingerprint density at radius 3 is 3.17 bits per heavy atom. The van der Waals surface area contributed by atoms with Crippen LogP contribution < -0.4 is 10.6 Å². The van der Waals surface area contributed by atoms with Crippen molar-refractivity contribution in [3.8, 4) is 0 Å². The van der Waals surface area contributed by atoms with E-state index in [0.29, 0.717) is 6.04 Å². The van der Waals surface area contributed by atoms with Crippen LogP contribution in [-0.4, -0.2) is 50.1 Å². The smallest absolute Gasteiger partial charge is 0.194 e. The molecule has 0 amide bonds. The highest BCUT2D eigenvalue weighted by Crippen LogP contribution is 2.01. The zero-order valence-corrected chi connectivity index (χ0v) is 7.51. The van der Waals surface area contributed by atoms with Gasteiger partial charge in [0.25, 0.3) is 0 Å². The number of nitrogens with zero attached hydrogens (tertiary/aromatic N) is 2. The number of aliphatic imine (C=N–C) groups is 1. The number of rotatable bonds is 1. The highest BCUT2D eigenvalue weighted by molar-refractivity contribution is 5.81. The van der Waals surface area contributed by atoms with Crippen molar-refractivity contribution in [3.05, 3.63) is 0 Å². The predicted octanol–water partition coefficient (Wildman–Crippen LogP) is -0.761. The average molecular weight is 168 g/mol. The molecule has 12 heavy (non-hydrogen) atoms. The van der Waals surface area contributed by atoms with Gasteiger partial charge in [0.1, 0.15) is 0 Å². The molecule has 0 aromatic rings. The third kappa shape index (κ3) is 1.53. The molecule has 4 heteroatoms. The molecule has 1 fully saturated rings. The molecule has 1 unspecified atom stereocenters. The van der Waals surface area contributed by atoms with Crippen molar-refractivity contribution in [3.63, 3.8) is 0 Å². The van der Waals surface area contributed by atoms with E-state index in [9.17, 15) is 0 Å². The van der Waals surface area contributed by atoms with Crippen LogP contribution in [0.15, 0.2) is 4.99 Å². The number of nitrogens with one attached hydrogen (secondary N) is 2. The minimum Gasteiger partial charge on any atom is -0.352 e. The van der Waals surface area contributed by atoms with Crippen molar-refractivity contribution in [1.82, 2.24) is 15.5 Å². The third-order valence-electron chi connectivity index (χ3n) is 2.45. The predicted molar refractivity (Wildman–Crippen MR) is 49.3 cm³/mol. The van der Waals surface area contributed by atoms with E-state index in [1.54, 1.807) is 0 Å². The molecule has 2 N–H and O–H groups in total. The summed E-state index contributed by atoms with van der Waals surface area (Å²) in [7, 11) is 2.08. The number of guanidine groups is 1. The molecule has 1 saturated heterocycles. The van der Waals surface area contributed by atoms with Gasteiger partial charge in [-0.25, -0.2) is 0 Å². The number of hydrogen-bond acceptors (Lipinski definition) is 4. The monoisotopic (exact) mass is 168 g/mol. The van der Waals surface area contributed by atoms with Gasteiger partial charge in [0.2, 0.25) is 0 Å². The van der Waals surface area contributed by atoms with Crippen molar-refractivity contribution >= 4 is 5.96 Å². The van der Waals surface area contributed by atoms with Gasteiger partial charge in [-0.05, 0) is 13.0 Å².